The first-order chi connectivity index (χ1) is 17.5. The lowest BCUT2D eigenvalue weighted by molar-refractivity contribution is -0.167. The lowest BCUT2D eigenvalue weighted by Gasteiger charge is -2.65. The van der Waals surface area contributed by atoms with Crippen LogP contribution >= 0.6 is 12.2 Å². The minimum Gasteiger partial charge on any atom is -0.376 e. The van der Waals surface area contributed by atoms with Gasteiger partial charge in [-0.15, -0.1) is 0 Å². The molecule has 5 heteroatoms. The molecule has 190 valence electrons. The van der Waals surface area contributed by atoms with Gasteiger partial charge >= 0.3 is 0 Å². The number of benzene rings is 2. The fourth-order valence-corrected chi connectivity index (χ4v) is 9.33. The van der Waals surface area contributed by atoms with Crippen molar-refractivity contribution in [3.8, 4) is 0 Å². The summed E-state index contributed by atoms with van der Waals surface area (Å²) in [6.07, 6.45) is 10.7. The Balaban J connectivity index is 1.15. The standard InChI is InChI=1S/C31H39N3OS/c32-26-11-13-27(14-12-26)33-28(36)30-17-24-15-29(20-30,23-9-5-2-6-10-23)16-25(18-30)31(24)21-34(31)35-19-22-7-3-1-4-8-22/h1-10,24-27H,11-21,32H2,(H,33,36). The molecule has 1 spiro atoms. The smallest absolute Gasteiger partial charge is 0.0936 e. The van der Waals surface area contributed by atoms with Crippen LogP contribution < -0.4 is 11.1 Å². The van der Waals surface area contributed by atoms with E-state index in [1.165, 1.54) is 43.2 Å². The second-order valence-electron chi connectivity index (χ2n) is 12.7. The summed E-state index contributed by atoms with van der Waals surface area (Å²) in [6, 6.07) is 22.8. The van der Waals surface area contributed by atoms with Gasteiger partial charge in [0.2, 0.25) is 0 Å². The molecule has 3 unspecified atom stereocenters. The van der Waals surface area contributed by atoms with Crippen molar-refractivity contribution in [3.05, 3.63) is 71.8 Å². The number of hydroxylamine groups is 2. The van der Waals surface area contributed by atoms with Crippen LogP contribution in [-0.2, 0) is 16.9 Å². The number of thiocarbonyl (C=S) groups is 1. The topological polar surface area (TPSA) is 50.3 Å². The molecule has 1 saturated heterocycles. The van der Waals surface area contributed by atoms with E-state index < -0.39 is 0 Å². The summed E-state index contributed by atoms with van der Waals surface area (Å²) in [6.45, 7) is 1.75. The summed E-state index contributed by atoms with van der Waals surface area (Å²) in [4.78, 5) is 7.61. The van der Waals surface area contributed by atoms with Gasteiger partial charge in [0, 0.05) is 24.0 Å². The molecular weight excluding hydrogens is 462 g/mol. The maximum Gasteiger partial charge on any atom is 0.0936 e. The Bertz CT molecular complexity index is 1100. The largest absolute Gasteiger partial charge is 0.376 e. The first-order valence-corrected chi connectivity index (χ1v) is 14.5. The SMILES string of the molecule is NC1CCC(NC(=S)C23CC4CC(c5ccccc5)(CC(C2)C42CN2OCc2ccccc2)C3)CC1. The fourth-order valence-electron chi connectivity index (χ4n) is 8.92. The third-order valence-electron chi connectivity index (χ3n) is 10.6. The minimum atomic E-state index is 0.121. The molecule has 0 radical (unpaired) electrons. The summed E-state index contributed by atoms with van der Waals surface area (Å²) >= 11 is 6.31. The summed E-state index contributed by atoms with van der Waals surface area (Å²) < 4.78 is 0. The molecule has 1 aliphatic heterocycles. The van der Waals surface area contributed by atoms with E-state index in [0.29, 0.717) is 30.5 Å². The van der Waals surface area contributed by atoms with Crippen LogP contribution in [0.5, 0.6) is 0 Å². The van der Waals surface area contributed by atoms with E-state index in [1.807, 2.05) is 0 Å². The molecule has 3 atom stereocenters. The molecule has 0 aromatic heterocycles. The fraction of sp³-hybridized carbons (Fsp3) is 0.581. The van der Waals surface area contributed by atoms with Crippen LogP contribution in [0.25, 0.3) is 0 Å². The number of nitrogens with zero attached hydrogens (tertiary/aromatic N) is 1. The number of rotatable bonds is 6. The van der Waals surface area contributed by atoms with Gasteiger partial charge in [0.15, 0.2) is 0 Å². The summed E-state index contributed by atoms with van der Waals surface area (Å²) in [5, 5.41) is 6.26. The van der Waals surface area contributed by atoms with Crippen molar-refractivity contribution in [2.75, 3.05) is 6.54 Å². The van der Waals surface area contributed by atoms with Gasteiger partial charge < -0.3 is 11.1 Å². The third-order valence-corrected chi connectivity index (χ3v) is 11.2. The normalized spacial score (nSPS) is 42.4. The maximum atomic E-state index is 6.46. The third kappa shape index (κ3) is 3.69. The lowest BCUT2D eigenvalue weighted by Crippen LogP contribution is -2.65. The Morgan fingerprint density at radius 3 is 2.22 bits per heavy atom. The van der Waals surface area contributed by atoms with Crippen LogP contribution in [0, 0.1) is 17.3 Å². The van der Waals surface area contributed by atoms with Gasteiger partial charge in [-0.25, -0.2) is 0 Å². The van der Waals surface area contributed by atoms with E-state index in [2.05, 4.69) is 71.0 Å². The van der Waals surface area contributed by atoms with E-state index in [-0.39, 0.29) is 16.4 Å². The number of hydrogen-bond donors (Lipinski definition) is 2. The van der Waals surface area contributed by atoms with Gasteiger partial charge in [-0.3, -0.25) is 4.84 Å². The molecule has 2 aromatic carbocycles. The highest BCUT2D eigenvalue weighted by Gasteiger charge is 2.75. The summed E-state index contributed by atoms with van der Waals surface area (Å²) in [7, 11) is 0. The minimum absolute atomic E-state index is 0.121. The average molecular weight is 502 g/mol. The predicted molar refractivity (Wildman–Crippen MR) is 147 cm³/mol. The van der Waals surface area contributed by atoms with E-state index in [0.717, 1.165) is 37.2 Å². The molecule has 4 nitrogen and oxygen atoms in total. The van der Waals surface area contributed by atoms with Gasteiger partial charge in [-0.2, -0.15) is 5.06 Å². The average Bonchev–Trinajstić information content (AvgIpc) is 3.63. The summed E-state index contributed by atoms with van der Waals surface area (Å²) in [5.41, 5.74) is 9.54. The lowest BCUT2D eigenvalue weighted by atomic mass is 9.39. The molecule has 4 bridgehead atoms. The molecule has 5 saturated carbocycles. The van der Waals surface area contributed by atoms with Gasteiger partial charge in [-0.1, -0.05) is 72.9 Å². The van der Waals surface area contributed by atoms with Crippen molar-refractivity contribution in [3.63, 3.8) is 0 Å². The van der Waals surface area contributed by atoms with Crippen molar-refractivity contribution in [1.82, 2.24) is 10.4 Å². The van der Waals surface area contributed by atoms with E-state index in [4.69, 9.17) is 22.8 Å². The van der Waals surface area contributed by atoms with E-state index >= 15 is 0 Å². The molecule has 6 fully saturated rings. The highest BCUT2D eigenvalue weighted by molar-refractivity contribution is 7.80. The second kappa shape index (κ2) is 8.62. The zero-order valence-electron chi connectivity index (χ0n) is 21.2. The first kappa shape index (κ1) is 23.3. The van der Waals surface area contributed by atoms with Gasteiger partial charge in [0.05, 0.1) is 17.1 Å². The monoisotopic (exact) mass is 501 g/mol. The zero-order chi connectivity index (χ0) is 24.4. The Kier molecular flexibility index (Phi) is 5.59. The van der Waals surface area contributed by atoms with Crippen LogP contribution in [-0.4, -0.2) is 34.2 Å². The van der Waals surface area contributed by atoms with Crippen molar-refractivity contribution in [2.45, 2.75) is 87.4 Å². The Morgan fingerprint density at radius 2 is 1.56 bits per heavy atom. The molecule has 8 rings (SSSR count). The van der Waals surface area contributed by atoms with Crippen molar-refractivity contribution >= 4 is 17.2 Å². The molecule has 0 amide bonds. The van der Waals surface area contributed by atoms with E-state index in [1.54, 1.807) is 0 Å². The van der Waals surface area contributed by atoms with E-state index in [9.17, 15) is 0 Å². The van der Waals surface area contributed by atoms with Crippen LogP contribution in [0.15, 0.2) is 60.7 Å². The van der Waals surface area contributed by atoms with Crippen molar-refractivity contribution < 1.29 is 4.84 Å². The molecule has 6 aliphatic rings. The highest BCUT2D eigenvalue weighted by atomic mass is 32.1. The Morgan fingerprint density at radius 1 is 0.917 bits per heavy atom. The van der Waals surface area contributed by atoms with Crippen LogP contribution in [0.2, 0.25) is 0 Å². The number of hydrogen-bond acceptors (Lipinski definition) is 4. The molecule has 36 heavy (non-hydrogen) atoms. The molecule has 2 aromatic rings. The number of nitrogens with one attached hydrogen (secondary N) is 1. The summed E-state index contributed by atoms with van der Waals surface area (Å²) in [5.74, 6) is 1.27. The van der Waals surface area contributed by atoms with Gasteiger partial charge in [0.1, 0.15) is 0 Å². The maximum absolute atomic E-state index is 6.46. The second-order valence-corrected chi connectivity index (χ2v) is 13.1. The van der Waals surface area contributed by atoms with Crippen LogP contribution in [0.4, 0.5) is 0 Å². The highest BCUT2D eigenvalue weighted by Crippen LogP contribution is 2.73. The van der Waals surface area contributed by atoms with Crippen LogP contribution in [0.3, 0.4) is 0 Å². The van der Waals surface area contributed by atoms with Crippen molar-refractivity contribution in [1.29, 1.82) is 0 Å². The number of nitrogens with two attached hydrogens (primary N) is 1. The molecule has 5 aliphatic carbocycles. The predicted octanol–water partition coefficient (Wildman–Crippen LogP) is 5.51. The Labute approximate surface area is 220 Å². The molecular formula is C31H39N3OS. The molecule has 3 N–H and O–H groups in total. The Hall–Kier alpha value is -1.79. The molecule has 1 heterocycles. The van der Waals surface area contributed by atoms with Crippen molar-refractivity contribution in [2.24, 2.45) is 23.0 Å². The van der Waals surface area contributed by atoms with Crippen LogP contribution in [0.1, 0.15) is 68.9 Å². The first-order valence-electron chi connectivity index (χ1n) is 14.1. The quantitative estimate of drug-likeness (QED) is 0.404. The van der Waals surface area contributed by atoms with Gasteiger partial charge in [-0.05, 0) is 86.2 Å². The zero-order valence-corrected chi connectivity index (χ0v) is 22.0. The van der Waals surface area contributed by atoms with Gasteiger partial charge in [0.25, 0.3) is 0 Å².